The minimum atomic E-state index is 0.0587. The normalized spacial score (nSPS) is 21.3. The van der Waals surface area contributed by atoms with E-state index in [0.29, 0.717) is 30.3 Å². The van der Waals surface area contributed by atoms with Crippen molar-refractivity contribution in [3.05, 3.63) is 29.3 Å². The summed E-state index contributed by atoms with van der Waals surface area (Å²) in [4.78, 5) is 14.9. The zero-order valence-electron chi connectivity index (χ0n) is 13.3. The molecule has 2 N–H and O–H groups in total. The maximum atomic E-state index is 13.0. The fourth-order valence-corrected chi connectivity index (χ4v) is 3.37. The van der Waals surface area contributed by atoms with E-state index in [1.165, 1.54) is 0 Å². The minimum absolute atomic E-state index is 0.0587. The molecule has 0 bridgehead atoms. The van der Waals surface area contributed by atoms with Crippen molar-refractivity contribution in [2.24, 2.45) is 11.7 Å². The highest BCUT2D eigenvalue weighted by molar-refractivity contribution is 5.97. The second kappa shape index (κ2) is 6.94. The predicted molar refractivity (Wildman–Crippen MR) is 84.6 cm³/mol. The van der Waals surface area contributed by atoms with Crippen LogP contribution in [0.1, 0.15) is 42.1 Å². The Labute approximate surface area is 127 Å². The molecular formula is C17H26N2O2. The molecule has 2 unspecified atom stereocenters. The van der Waals surface area contributed by atoms with Gasteiger partial charge in [0.25, 0.3) is 5.91 Å². The zero-order valence-corrected chi connectivity index (χ0v) is 13.3. The number of rotatable bonds is 5. The molecule has 116 valence electrons. The largest absolute Gasteiger partial charge is 0.496 e. The second-order valence-electron chi connectivity index (χ2n) is 5.79. The maximum Gasteiger partial charge on any atom is 0.257 e. The molecule has 1 aromatic carbocycles. The lowest BCUT2D eigenvalue weighted by Gasteiger charge is -2.32. The fourth-order valence-electron chi connectivity index (χ4n) is 3.37. The first-order valence-electron chi connectivity index (χ1n) is 7.78. The standard InChI is InChI=1S/C17H26N2O2/c1-4-19(15-7-5-6-13(15)11-18)17(20)14-10-12(2)8-9-16(14)21-3/h8-10,13,15H,4-7,11,18H2,1-3H3. The van der Waals surface area contributed by atoms with E-state index in [9.17, 15) is 4.79 Å². The summed E-state index contributed by atoms with van der Waals surface area (Å²) in [5.74, 6) is 1.12. The first-order chi connectivity index (χ1) is 10.1. The third-order valence-electron chi connectivity index (χ3n) is 4.51. The van der Waals surface area contributed by atoms with E-state index < -0.39 is 0 Å². The number of benzene rings is 1. The average molecular weight is 290 g/mol. The van der Waals surface area contributed by atoms with Gasteiger partial charge in [-0.15, -0.1) is 0 Å². The Morgan fingerprint density at radius 3 is 2.81 bits per heavy atom. The van der Waals surface area contributed by atoms with E-state index in [0.717, 1.165) is 24.8 Å². The van der Waals surface area contributed by atoms with E-state index in [-0.39, 0.29) is 11.9 Å². The molecule has 2 rings (SSSR count). The van der Waals surface area contributed by atoms with Crippen LogP contribution in [0.4, 0.5) is 0 Å². The average Bonchev–Trinajstić information content (AvgIpc) is 2.96. The van der Waals surface area contributed by atoms with Gasteiger partial charge in [-0.3, -0.25) is 4.79 Å². The molecule has 0 heterocycles. The van der Waals surface area contributed by atoms with Crippen LogP contribution in [-0.4, -0.2) is 37.0 Å². The van der Waals surface area contributed by atoms with Crippen LogP contribution in [0.25, 0.3) is 0 Å². The van der Waals surface area contributed by atoms with Crippen molar-refractivity contribution >= 4 is 5.91 Å². The Bertz CT molecular complexity index is 502. The van der Waals surface area contributed by atoms with Gasteiger partial charge in [-0.2, -0.15) is 0 Å². The number of nitrogens with zero attached hydrogens (tertiary/aromatic N) is 1. The highest BCUT2D eigenvalue weighted by Crippen LogP contribution is 2.31. The van der Waals surface area contributed by atoms with E-state index in [1.54, 1.807) is 7.11 Å². The van der Waals surface area contributed by atoms with Crippen LogP contribution in [0.5, 0.6) is 5.75 Å². The lowest BCUT2D eigenvalue weighted by molar-refractivity contribution is 0.0648. The van der Waals surface area contributed by atoms with E-state index in [4.69, 9.17) is 10.5 Å². The molecule has 0 radical (unpaired) electrons. The van der Waals surface area contributed by atoms with Crippen LogP contribution in [0, 0.1) is 12.8 Å². The second-order valence-corrected chi connectivity index (χ2v) is 5.79. The quantitative estimate of drug-likeness (QED) is 0.907. The van der Waals surface area contributed by atoms with Crippen LogP contribution in [0.3, 0.4) is 0 Å². The monoisotopic (exact) mass is 290 g/mol. The fraction of sp³-hybridized carbons (Fsp3) is 0.588. The maximum absolute atomic E-state index is 13.0. The van der Waals surface area contributed by atoms with E-state index in [2.05, 4.69) is 0 Å². The summed E-state index contributed by atoms with van der Waals surface area (Å²) in [6, 6.07) is 6.00. The van der Waals surface area contributed by atoms with Crippen molar-refractivity contribution in [3.63, 3.8) is 0 Å². The number of aryl methyl sites for hydroxylation is 1. The molecule has 1 aliphatic rings. The number of carbonyl (C=O) groups excluding carboxylic acids is 1. The number of hydrogen-bond donors (Lipinski definition) is 1. The molecule has 1 fully saturated rings. The van der Waals surface area contributed by atoms with Crippen molar-refractivity contribution in [2.75, 3.05) is 20.2 Å². The van der Waals surface area contributed by atoms with Gasteiger partial charge in [0.1, 0.15) is 5.75 Å². The van der Waals surface area contributed by atoms with Gasteiger partial charge in [0.15, 0.2) is 0 Å². The number of nitrogens with two attached hydrogens (primary N) is 1. The SMILES string of the molecule is CCN(C(=O)c1cc(C)ccc1OC)C1CCCC1CN. The topological polar surface area (TPSA) is 55.6 Å². The Hall–Kier alpha value is -1.55. The molecule has 0 saturated heterocycles. The molecule has 0 aliphatic heterocycles. The van der Waals surface area contributed by atoms with Gasteiger partial charge in [0.05, 0.1) is 12.7 Å². The van der Waals surface area contributed by atoms with Gasteiger partial charge in [-0.05, 0) is 51.3 Å². The van der Waals surface area contributed by atoms with E-state index >= 15 is 0 Å². The molecule has 0 aromatic heterocycles. The van der Waals surface area contributed by atoms with Crippen LogP contribution in [0.2, 0.25) is 0 Å². The Kier molecular flexibility index (Phi) is 5.23. The molecule has 21 heavy (non-hydrogen) atoms. The summed E-state index contributed by atoms with van der Waals surface area (Å²) < 4.78 is 5.36. The Morgan fingerprint density at radius 1 is 1.43 bits per heavy atom. The first-order valence-corrected chi connectivity index (χ1v) is 7.78. The van der Waals surface area contributed by atoms with Gasteiger partial charge in [-0.1, -0.05) is 18.1 Å². The lowest BCUT2D eigenvalue weighted by atomic mass is 10.0. The van der Waals surface area contributed by atoms with Gasteiger partial charge in [0.2, 0.25) is 0 Å². The first kappa shape index (κ1) is 15.8. The van der Waals surface area contributed by atoms with Crippen LogP contribution >= 0.6 is 0 Å². The molecule has 2 atom stereocenters. The number of amides is 1. The van der Waals surface area contributed by atoms with Crippen molar-refractivity contribution in [3.8, 4) is 5.75 Å². The van der Waals surface area contributed by atoms with Crippen LogP contribution in [-0.2, 0) is 0 Å². The lowest BCUT2D eigenvalue weighted by Crippen LogP contribution is -2.44. The van der Waals surface area contributed by atoms with Crippen LogP contribution < -0.4 is 10.5 Å². The van der Waals surface area contributed by atoms with E-state index in [1.807, 2.05) is 36.9 Å². The molecule has 4 nitrogen and oxygen atoms in total. The molecule has 1 aromatic rings. The molecular weight excluding hydrogens is 264 g/mol. The number of ether oxygens (including phenoxy) is 1. The third kappa shape index (κ3) is 3.21. The summed E-state index contributed by atoms with van der Waals surface area (Å²) in [6.45, 7) is 5.38. The van der Waals surface area contributed by atoms with Gasteiger partial charge in [0, 0.05) is 12.6 Å². The number of hydrogen-bond acceptors (Lipinski definition) is 3. The Morgan fingerprint density at radius 2 is 2.19 bits per heavy atom. The summed E-state index contributed by atoms with van der Waals surface area (Å²) in [6.07, 6.45) is 3.33. The summed E-state index contributed by atoms with van der Waals surface area (Å²) in [7, 11) is 1.61. The summed E-state index contributed by atoms with van der Waals surface area (Å²) >= 11 is 0. The van der Waals surface area contributed by atoms with Crippen molar-refractivity contribution in [1.29, 1.82) is 0 Å². The smallest absolute Gasteiger partial charge is 0.257 e. The highest BCUT2D eigenvalue weighted by atomic mass is 16.5. The van der Waals surface area contributed by atoms with Crippen molar-refractivity contribution in [2.45, 2.75) is 39.2 Å². The molecule has 1 aliphatic carbocycles. The highest BCUT2D eigenvalue weighted by Gasteiger charge is 2.34. The Balaban J connectivity index is 2.30. The zero-order chi connectivity index (χ0) is 15.4. The molecule has 1 saturated carbocycles. The summed E-state index contributed by atoms with van der Waals surface area (Å²) in [5, 5.41) is 0. The van der Waals surface area contributed by atoms with Crippen molar-refractivity contribution < 1.29 is 9.53 Å². The third-order valence-corrected chi connectivity index (χ3v) is 4.51. The van der Waals surface area contributed by atoms with Crippen LogP contribution in [0.15, 0.2) is 18.2 Å². The van der Waals surface area contributed by atoms with Gasteiger partial charge in [-0.25, -0.2) is 0 Å². The van der Waals surface area contributed by atoms with Crippen molar-refractivity contribution in [1.82, 2.24) is 4.90 Å². The van der Waals surface area contributed by atoms with Gasteiger partial charge < -0.3 is 15.4 Å². The number of methoxy groups -OCH3 is 1. The number of carbonyl (C=O) groups is 1. The molecule has 1 amide bonds. The minimum Gasteiger partial charge on any atom is -0.496 e. The summed E-state index contributed by atoms with van der Waals surface area (Å²) in [5.41, 5.74) is 7.59. The molecule has 4 heteroatoms. The predicted octanol–water partition coefficient (Wildman–Crippen LogP) is 2.59. The molecule has 0 spiro atoms. The van der Waals surface area contributed by atoms with Gasteiger partial charge >= 0.3 is 0 Å².